The minimum Gasteiger partial charge on any atom is -0.457 e. The molecule has 1 unspecified atom stereocenters. The lowest BCUT2D eigenvalue weighted by Gasteiger charge is -2.41. The zero-order valence-electron chi connectivity index (χ0n) is 12.5. The second-order valence-electron chi connectivity index (χ2n) is 5.62. The summed E-state index contributed by atoms with van der Waals surface area (Å²) >= 11 is 0. The zero-order chi connectivity index (χ0) is 15.5. The van der Waals surface area contributed by atoms with E-state index in [0.29, 0.717) is 30.2 Å². The highest BCUT2D eigenvalue weighted by Crippen LogP contribution is 2.29. The Morgan fingerprint density at radius 1 is 1.14 bits per heavy atom. The molecule has 1 saturated heterocycles. The molecule has 1 N–H and O–H groups in total. The van der Waals surface area contributed by atoms with Crippen molar-refractivity contribution in [3.63, 3.8) is 0 Å². The van der Waals surface area contributed by atoms with E-state index in [2.05, 4.69) is 0 Å². The first-order valence-corrected chi connectivity index (χ1v) is 7.44. The molecule has 0 bridgehead atoms. The summed E-state index contributed by atoms with van der Waals surface area (Å²) in [6.45, 7) is 2.95. The number of likely N-dealkylation sites (tertiary alicyclic amines) is 1. The number of aliphatic hydroxyl groups excluding tert-OH is 1. The number of amides is 1. The molecule has 0 aliphatic carbocycles. The summed E-state index contributed by atoms with van der Waals surface area (Å²) in [4.78, 5) is 14.3. The van der Waals surface area contributed by atoms with Crippen molar-refractivity contribution in [2.24, 2.45) is 5.92 Å². The van der Waals surface area contributed by atoms with E-state index in [1.165, 1.54) is 0 Å². The molecule has 2 aromatic carbocycles. The molecule has 1 atom stereocenters. The fourth-order valence-electron chi connectivity index (χ4n) is 2.50. The number of aliphatic hydroxyl groups is 1. The summed E-state index contributed by atoms with van der Waals surface area (Å²) in [5.41, 5.74) is 0.551. The summed E-state index contributed by atoms with van der Waals surface area (Å²) < 4.78 is 5.83. The fraction of sp³-hybridized carbons (Fsp3) is 0.278. The number of benzene rings is 2. The van der Waals surface area contributed by atoms with Crippen molar-refractivity contribution in [3.8, 4) is 11.5 Å². The quantitative estimate of drug-likeness (QED) is 0.944. The van der Waals surface area contributed by atoms with Gasteiger partial charge in [0, 0.05) is 19.0 Å². The first-order valence-electron chi connectivity index (χ1n) is 7.44. The van der Waals surface area contributed by atoms with Crippen molar-refractivity contribution in [1.29, 1.82) is 0 Å². The van der Waals surface area contributed by atoms with Crippen LogP contribution >= 0.6 is 0 Å². The number of ether oxygens (including phenoxy) is 1. The summed E-state index contributed by atoms with van der Waals surface area (Å²) in [5.74, 6) is 1.38. The van der Waals surface area contributed by atoms with Crippen LogP contribution in [0.5, 0.6) is 11.5 Å². The monoisotopic (exact) mass is 297 g/mol. The van der Waals surface area contributed by atoms with E-state index in [0.717, 1.165) is 0 Å². The van der Waals surface area contributed by atoms with Crippen LogP contribution in [-0.2, 0) is 0 Å². The third-order valence-corrected chi connectivity index (χ3v) is 3.97. The van der Waals surface area contributed by atoms with Gasteiger partial charge in [0.05, 0.1) is 11.7 Å². The molecule has 0 radical (unpaired) electrons. The lowest BCUT2D eigenvalue weighted by atomic mass is 9.94. The summed E-state index contributed by atoms with van der Waals surface area (Å²) in [5, 5.41) is 9.53. The van der Waals surface area contributed by atoms with E-state index >= 15 is 0 Å². The molecule has 4 heteroatoms. The van der Waals surface area contributed by atoms with Gasteiger partial charge < -0.3 is 14.7 Å². The highest BCUT2D eigenvalue weighted by Gasteiger charge is 2.34. The van der Waals surface area contributed by atoms with Gasteiger partial charge in [-0.3, -0.25) is 4.79 Å². The van der Waals surface area contributed by atoms with Crippen molar-refractivity contribution < 1.29 is 14.6 Å². The van der Waals surface area contributed by atoms with Gasteiger partial charge in [0.15, 0.2) is 0 Å². The molecule has 0 spiro atoms. The van der Waals surface area contributed by atoms with Crippen LogP contribution in [0.3, 0.4) is 0 Å². The molecule has 0 saturated carbocycles. The number of carbonyl (C=O) groups is 1. The highest BCUT2D eigenvalue weighted by molar-refractivity contribution is 5.97. The van der Waals surface area contributed by atoms with Crippen molar-refractivity contribution in [2.45, 2.75) is 13.0 Å². The SMILES string of the molecule is CC(O)C1CN(C(=O)c2ccccc2Oc2ccccc2)C1. The van der Waals surface area contributed by atoms with E-state index in [1.54, 1.807) is 24.0 Å². The summed E-state index contributed by atoms with van der Waals surface area (Å²) in [7, 11) is 0. The van der Waals surface area contributed by atoms with Gasteiger partial charge in [0.2, 0.25) is 0 Å². The summed E-state index contributed by atoms with van der Waals surface area (Å²) in [6, 6.07) is 16.7. The molecule has 4 nitrogen and oxygen atoms in total. The number of para-hydroxylation sites is 2. The number of hydrogen-bond acceptors (Lipinski definition) is 3. The van der Waals surface area contributed by atoms with Crippen LogP contribution in [0.1, 0.15) is 17.3 Å². The van der Waals surface area contributed by atoms with Crippen LogP contribution < -0.4 is 4.74 Å². The maximum absolute atomic E-state index is 12.6. The molecule has 0 aromatic heterocycles. The van der Waals surface area contributed by atoms with E-state index in [9.17, 15) is 9.90 Å². The number of carbonyl (C=O) groups excluding carboxylic acids is 1. The van der Waals surface area contributed by atoms with Gasteiger partial charge in [-0.1, -0.05) is 30.3 Å². The first kappa shape index (κ1) is 14.6. The topological polar surface area (TPSA) is 49.8 Å². The molecule has 1 heterocycles. The molecule has 114 valence electrons. The standard InChI is InChI=1S/C18H19NO3/c1-13(20)14-11-19(12-14)18(21)16-9-5-6-10-17(16)22-15-7-3-2-4-8-15/h2-10,13-14,20H,11-12H2,1H3. The summed E-state index contributed by atoms with van der Waals surface area (Å²) in [6.07, 6.45) is -0.375. The van der Waals surface area contributed by atoms with Crippen molar-refractivity contribution in [3.05, 3.63) is 60.2 Å². The van der Waals surface area contributed by atoms with Crippen LogP contribution in [-0.4, -0.2) is 35.1 Å². The average Bonchev–Trinajstić information content (AvgIpc) is 2.47. The Hall–Kier alpha value is -2.33. The van der Waals surface area contributed by atoms with Gasteiger partial charge in [-0.25, -0.2) is 0 Å². The van der Waals surface area contributed by atoms with Gasteiger partial charge in [0.25, 0.3) is 5.91 Å². The third kappa shape index (κ3) is 2.97. The Labute approximate surface area is 130 Å². The van der Waals surface area contributed by atoms with Crippen LogP contribution in [0.25, 0.3) is 0 Å². The van der Waals surface area contributed by atoms with E-state index < -0.39 is 0 Å². The maximum atomic E-state index is 12.6. The molecule has 1 aliphatic heterocycles. The van der Waals surface area contributed by atoms with E-state index in [1.807, 2.05) is 42.5 Å². The Bertz CT molecular complexity index is 648. The first-order chi connectivity index (χ1) is 10.6. The van der Waals surface area contributed by atoms with E-state index in [-0.39, 0.29) is 17.9 Å². The fourth-order valence-corrected chi connectivity index (χ4v) is 2.50. The van der Waals surface area contributed by atoms with Crippen molar-refractivity contribution in [2.75, 3.05) is 13.1 Å². The van der Waals surface area contributed by atoms with Crippen LogP contribution in [0, 0.1) is 5.92 Å². The average molecular weight is 297 g/mol. The van der Waals surface area contributed by atoms with Gasteiger partial charge in [-0.15, -0.1) is 0 Å². The van der Waals surface area contributed by atoms with Gasteiger partial charge >= 0.3 is 0 Å². The number of nitrogens with zero attached hydrogens (tertiary/aromatic N) is 1. The minimum absolute atomic E-state index is 0.0524. The predicted octanol–water partition coefficient (Wildman–Crippen LogP) is 2.93. The molecule has 3 rings (SSSR count). The smallest absolute Gasteiger partial charge is 0.257 e. The van der Waals surface area contributed by atoms with Gasteiger partial charge in [-0.2, -0.15) is 0 Å². The van der Waals surface area contributed by atoms with E-state index in [4.69, 9.17) is 4.74 Å². The normalized spacial score (nSPS) is 16.0. The van der Waals surface area contributed by atoms with Gasteiger partial charge in [-0.05, 0) is 31.2 Å². The van der Waals surface area contributed by atoms with Crippen molar-refractivity contribution >= 4 is 5.91 Å². The van der Waals surface area contributed by atoms with Gasteiger partial charge in [0.1, 0.15) is 11.5 Å². The third-order valence-electron chi connectivity index (χ3n) is 3.97. The largest absolute Gasteiger partial charge is 0.457 e. The molecule has 1 fully saturated rings. The molecule has 2 aromatic rings. The second kappa shape index (κ2) is 6.20. The molecular formula is C18H19NO3. The van der Waals surface area contributed by atoms with Crippen LogP contribution in [0.2, 0.25) is 0 Å². The minimum atomic E-state index is -0.375. The Balaban J connectivity index is 1.76. The molecular weight excluding hydrogens is 278 g/mol. The molecule has 22 heavy (non-hydrogen) atoms. The lowest BCUT2D eigenvalue weighted by molar-refractivity contribution is 0.00869. The number of rotatable bonds is 4. The van der Waals surface area contributed by atoms with Crippen LogP contribution in [0.4, 0.5) is 0 Å². The second-order valence-corrected chi connectivity index (χ2v) is 5.62. The van der Waals surface area contributed by atoms with Crippen LogP contribution in [0.15, 0.2) is 54.6 Å². The zero-order valence-corrected chi connectivity index (χ0v) is 12.5. The lowest BCUT2D eigenvalue weighted by Crippen LogP contribution is -2.53. The Morgan fingerprint density at radius 3 is 2.45 bits per heavy atom. The Kier molecular flexibility index (Phi) is 4.11. The molecule has 1 aliphatic rings. The number of hydrogen-bond donors (Lipinski definition) is 1. The van der Waals surface area contributed by atoms with Crippen molar-refractivity contribution in [1.82, 2.24) is 4.90 Å². The highest BCUT2D eigenvalue weighted by atomic mass is 16.5. The molecule has 1 amide bonds. The Morgan fingerprint density at radius 2 is 1.77 bits per heavy atom. The maximum Gasteiger partial charge on any atom is 0.257 e. The predicted molar refractivity (Wildman–Crippen MR) is 84.0 cm³/mol.